The Bertz CT molecular complexity index is 1940. The fraction of sp³-hybridized carbons (Fsp3) is 0.312. The molecule has 0 spiro atoms. The summed E-state index contributed by atoms with van der Waals surface area (Å²) in [5, 5.41) is 16.0. The van der Waals surface area contributed by atoms with Crippen LogP contribution in [0, 0.1) is 12.8 Å². The molecule has 4 aromatic rings. The highest BCUT2D eigenvalue weighted by atomic mass is 35.5. The van der Waals surface area contributed by atoms with E-state index in [4.69, 9.17) is 27.1 Å². The molecule has 1 fully saturated rings. The highest BCUT2D eigenvalue weighted by molar-refractivity contribution is 6.35. The average molecular weight is 637 g/mol. The van der Waals surface area contributed by atoms with Crippen LogP contribution in [0.25, 0.3) is 22.2 Å². The van der Waals surface area contributed by atoms with Gasteiger partial charge < -0.3 is 30.4 Å². The third kappa shape index (κ3) is 4.88. The number of primary amides is 1. The Morgan fingerprint density at radius 1 is 1.16 bits per heavy atom. The van der Waals surface area contributed by atoms with Gasteiger partial charge in [-0.05, 0) is 80.6 Å². The van der Waals surface area contributed by atoms with Gasteiger partial charge in [-0.1, -0.05) is 11.6 Å². The molecule has 1 aliphatic carbocycles. The van der Waals surface area contributed by atoms with Crippen molar-refractivity contribution in [1.29, 1.82) is 0 Å². The van der Waals surface area contributed by atoms with Gasteiger partial charge in [0.05, 0.1) is 22.8 Å². The number of aliphatic hydroxyl groups is 1. The molecule has 7 rings (SSSR count). The molecule has 3 aliphatic rings. The lowest BCUT2D eigenvalue weighted by Gasteiger charge is -2.30. The van der Waals surface area contributed by atoms with E-state index in [2.05, 4.69) is 19.8 Å². The van der Waals surface area contributed by atoms with Crippen molar-refractivity contribution in [1.82, 2.24) is 15.3 Å². The summed E-state index contributed by atoms with van der Waals surface area (Å²) >= 11 is 6.43. The summed E-state index contributed by atoms with van der Waals surface area (Å²) in [4.78, 5) is 35.1. The van der Waals surface area contributed by atoms with E-state index in [1.165, 1.54) is 24.3 Å². The minimum Gasteiger partial charge on any atom is -0.489 e. The lowest BCUT2D eigenvalue weighted by molar-refractivity contribution is -0.286. The standard InChI is InChI=1S/C32H27ClF2N4O6/c1-15-7-17-8-18(9-21(33)25(17)37-12-15)28(40)38-13-31(42,19-4-5-19)24-11-20-27(43-14-30(20,2)29(36)41)26(39-24)16-3-6-22-23(10-16)45-32(34,35)44-22/h3,6-12,19,42H,4-5,13-14H2,1-2H3,(H2,36,41)(H,38,40)/t30-,31?/m0/s1. The highest BCUT2D eigenvalue weighted by Crippen LogP contribution is 2.51. The third-order valence-corrected chi connectivity index (χ3v) is 8.93. The molecule has 4 N–H and O–H groups in total. The van der Waals surface area contributed by atoms with E-state index < -0.39 is 29.1 Å². The summed E-state index contributed by atoms with van der Waals surface area (Å²) in [5.41, 5.74) is 5.67. The molecule has 2 amide bonds. The third-order valence-electron chi connectivity index (χ3n) is 8.64. The Hall–Kier alpha value is -4.55. The number of benzene rings is 2. The zero-order chi connectivity index (χ0) is 31.9. The Morgan fingerprint density at radius 2 is 1.91 bits per heavy atom. The number of aromatic nitrogens is 2. The summed E-state index contributed by atoms with van der Waals surface area (Å²) < 4.78 is 42.6. The van der Waals surface area contributed by atoms with E-state index in [9.17, 15) is 23.5 Å². The summed E-state index contributed by atoms with van der Waals surface area (Å²) in [6, 6.07) is 10.8. The maximum Gasteiger partial charge on any atom is 0.586 e. The van der Waals surface area contributed by atoms with Crippen LogP contribution in [0.2, 0.25) is 5.02 Å². The molecule has 45 heavy (non-hydrogen) atoms. The van der Waals surface area contributed by atoms with Crippen molar-refractivity contribution in [2.75, 3.05) is 13.2 Å². The average Bonchev–Trinajstić information content (AvgIpc) is 3.72. The fourth-order valence-corrected chi connectivity index (χ4v) is 6.15. The quantitative estimate of drug-likeness (QED) is 0.264. The molecular weight excluding hydrogens is 610 g/mol. The van der Waals surface area contributed by atoms with Crippen LogP contribution in [-0.2, 0) is 15.8 Å². The van der Waals surface area contributed by atoms with Crippen LogP contribution in [0.3, 0.4) is 0 Å². The number of amides is 2. The first-order valence-corrected chi connectivity index (χ1v) is 14.6. The summed E-state index contributed by atoms with van der Waals surface area (Å²) in [6.07, 6.45) is -0.811. The lowest BCUT2D eigenvalue weighted by atomic mass is 9.81. The fourth-order valence-electron chi connectivity index (χ4n) is 5.87. The minimum absolute atomic E-state index is 0.0892. The smallest absolute Gasteiger partial charge is 0.489 e. The Balaban J connectivity index is 1.28. The number of nitrogens with one attached hydrogen (secondary N) is 1. The summed E-state index contributed by atoms with van der Waals surface area (Å²) in [5.74, 6) is -1.53. The molecule has 232 valence electrons. The number of halogens is 3. The lowest BCUT2D eigenvalue weighted by Crippen LogP contribution is -2.44. The van der Waals surface area contributed by atoms with E-state index in [1.807, 2.05) is 13.0 Å². The number of carbonyl (C=O) groups is 2. The minimum atomic E-state index is -3.83. The number of hydrogen-bond acceptors (Lipinski definition) is 8. The monoisotopic (exact) mass is 636 g/mol. The number of nitrogens with zero attached hydrogens (tertiary/aromatic N) is 2. The maximum absolute atomic E-state index is 13.8. The van der Waals surface area contributed by atoms with Gasteiger partial charge in [0.15, 0.2) is 11.5 Å². The number of rotatable bonds is 7. The molecule has 10 nitrogen and oxygen atoms in total. The van der Waals surface area contributed by atoms with Crippen LogP contribution in [-0.4, -0.2) is 46.3 Å². The molecular formula is C32H27ClF2N4O6. The molecule has 13 heteroatoms. The Morgan fingerprint density at radius 3 is 2.64 bits per heavy atom. The van der Waals surface area contributed by atoms with Gasteiger partial charge in [0.1, 0.15) is 29.1 Å². The first kappa shape index (κ1) is 29.2. The highest BCUT2D eigenvalue weighted by Gasteiger charge is 2.50. The van der Waals surface area contributed by atoms with Gasteiger partial charge in [-0.2, -0.15) is 0 Å². The second-order valence-corrected chi connectivity index (χ2v) is 12.4. The largest absolute Gasteiger partial charge is 0.586 e. The molecule has 1 unspecified atom stereocenters. The number of alkyl halides is 2. The van der Waals surface area contributed by atoms with Crippen LogP contribution >= 0.6 is 11.6 Å². The van der Waals surface area contributed by atoms with Crippen LogP contribution in [0.4, 0.5) is 8.78 Å². The molecule has 2 aliphatic heterocycles. The van der Waals surface area contributed by atoms with Crippen LogP contribution in [0.1, 0.15) is 46.9 Å². The maximum atomic E-state index is 13.8. The number of pyridine rings is 2. The van der Waals surface area contributed by atoms with Gasteiger partial charge in [0.2, 0.25) is 5.91 Å². The van der Waals surface area contributed by atoms with E-state index in [0.29, 0.717) is 39.9 Å². The van der Waals surface area contributed by atoms with Gasteiger partial charge in [-0.3, -0.25) is 14.6 Å². The van der Waals surface area contributed by atoms with E-state index in [0.717, 1.165) is 5.56 Å². The number of hydrogen-bond donors (Lipinski definition) is 3. The van der Waals surface area contributed by atoms with E-state index >= 15 is 0 Å². The van der Waals surface area contributed by atoms with Crippen LogP contribution in [0.5, 0.6) is 17.2 Å². The zero-order valence-corrected chi connectivity index (χ0v) is 24.9. The molecule has 2 aromatic carbocycles. The van der Waals surface area contributed by atoms with Gasteiger partial charge in [-0.25, -0.2) is 4.98 Å². The zero-order valence-electron chi connectivity index (χ0n) is 24.1. The van der Waals surface area contributed by atoms with Crippen molar-refractivity contribution < 1.29 is 37.7 Å². The molecule has 1 saturated carbocycles. The number of nitrogens with two attached hydrogens (primary N) is 1. The topological polar surface area (TPSA) is 146 Å². The molecule has 0 radical (unpaired) electrons. The van der Waals surface area contributed by atoms with Crippen molar-refractivity contribution in [3.63, 3.8) is 0 Å². The molecule has 2 aromatic heterocycles. The second kappa shape index (κ2) is 9.98. The van der Waals surface area contributed by atoms with E-state index in [-0.39, 0.29) is 53.3 Å². The predicted molar refractivity (Wildman–Crippen MR) is 158 cm³/mol. The number of carbonyl (C=O) groups excluding carboxylic acids is 2. The van der Waals surface area contributed by atoms with Crippen molar-refractivity contribution in [3.05, 3.63) is 76.1 Å². The van der Waals surface area contributed by atoms with Crippen LogP contribution in [0.15, 0.2) is 48.7 Å². The SMILES string of the molecule is Cc1cnc2c(Cl)cc(C(=O)NCC(O)(c3cc4c(c(-c5ccc6c(c5)OC(F)(F)O6)n3)OC[C@]4(C)C(N)=O)C3CC3)cc2c1. The van der Waals surface area contributed by atoms with Gasteiger partial charge >= 0.3 is 6.29 Å². The Labute approximate surface area is 260 Å². The number of fused-ring (bicyclic) bond motifs is 3. The van der Waals surface area contributed by atoms with Crippen molar-refractivity contribution in [2.24, 2.45) is 11.7 Å². The molecule has 0 bridgehead atoms. The van der Waals surface area contributed by atoms with E-state index in [1.54, 1.807) is 25.3 Å². The second-order valence-electron chi connectivity index (χ2n) is 12.0. The molecule has 4 heterocycles. The van der Waals surface area contributed by atoms with Crippen LogP contribution < -0.4 is 25.3 Å². The first-order valence-electron chi connectivity index (χ1n) is 14.2. The molecule has 2 atom stereocenters. The van der Waals surface area contributed by atoms with Gasteiger partial charge in [-0.15, -0.1) is 8.78 Å². The van der Waals surface area contributed by atoms with Gasteiger partial charge in [0.25, 0.3) is 5.91 Å². The summed E-state index contributed by atoms with van der Waals surface area (Å²) in [7, 11) is 0. The predicted octanol–water partition coefficient (Wildman–Crippen LogP) is 4.74. The normalized spacial score (nSPS) is 20.8. The van der Waals surface area contributed by atoms with Crippen molar-refractivity contribution in [3.8, 4) is 28.5 Å². The summed E-state index contributed by atoms with van der Waals surface area (Å²) in [6.45, 7) is 3.19. The van der Waals surface area contributed by atoms with Gasteiger partial charge in [0, 0.05) is 28.3 Å². The number of ether oxygens (including phenoxy) is 3. The van der Waals surface area contributed by atoms with Crippen molar-refractivity contribution >= 4 is 34.3 Å². The van der Waals surface area contributed by atoms with Crippen molar-refractivity contribution in [2.45, 2.75) is 44.0 Å². The molecule has 0 saturated heterocycles. The first-order chi connectivity index (χ1) is 21.3. The Kier molecular flexibility index (Phi) is 6.47. The number of aryl methyl sites for hydroxylation is 1.